The first kappa shape index (κ1) is 13.4. The van der Waals surface area contributed by atoms with Gasteiger partial charge in [0.1, 0.15) is 17.9 Å². The zero-order valence-corrected chi connectivity index (χ0v) is 9.99. The van der Waals surface area contributed by atoms with Gasteiger partial charge in [0.15, 0.2) is 5.78 Å². The SMILES string of the molecule is COC(=O)CC(=O)CSc1cc(O)cc(O)c1. The lowest BCUT2D eigenvalue weighted by Gasteiger charge is -2.03. The summed E-state index contributed by atoms with van der Waals surface area (Å²) in [6.45, 7) is 0. The number of ketones is 1. The Morgan fingerprint density at radius 1 is 1.24 bits per heavy atom. The summed E-state index contributed by atoms with van der Waals surface area (Å²) in [6, 6.07) is 4.05. The van der Waals surface area contributed by atoms with Crippen molar-refractivity contribution in [3.05, 3.63) is 18.2 Å². The van der Waals surface area contributed by atoms with Gasteiger partial charge in [-0.05, 0) is 12.1 Å². The highest BCUT2D eigenvalue weighted by molar-refractivity contribution is 8.00. The fourth-order valence-corrected chi connectivity index (χ4v) is 1.94. The molecule has 0 fully saturated rings. The Balaban J connectivity index is 2.50. The van der Waals surface area contributed by atoms with Crippen LogP contribution < -0.4 is 0 Å². The largest absolute Gasteiger partial charge is 0.508 e. The van der Waals surface area contributed by atoms with Gasteiger partial charge in [0.25, 0.3) is 0 Å². The molecule has 0 unspecified atom stereocenters. The minimum atomic E-state index is -0.575. The molecule has 92 valence electrons. The first-order valence-electron chi connectivity index (χ1n) is 4.75. The number of esters is 1. The fourth-order valence-electron chi connectivity index (χ4n) is 1.10. The van der Waals surface area contributed by atoms with Crippen LogP contribution in [0.4, 0.5) is 0 Å². The molecule has 5 nitrogen and oxygen atoms in total. The summed E-state index contributed by atoms with van der Waals surface area (Å²) in [7, 11) is 1.22. The number of Topliss-reactive ketones (excluding diaryl/α,β-unsaturated/α-hetero) is 1. The van der Waals surface area contributed by atoms with Crippen molar-refractivity contribution in [1.29, 1.82) is 0 Å². The van der Waals surface area contributed by atoms with Crippen LogP contribution in [-0.2, 0) is 14.3 Å². The van der Waals surface area contributed by atoms with Crippen molar-refractivity contribution in [2.45, 2.75) is 11.3 Å². The van der Waals surface area contributed by atoms with Crippen LogP contribution in [-0.4, -0.2) is 34.8 Å². The van der Waals surface area contributed by atoms with Crippen LogP contribution in [0.2, 0.25) is 0 Å². The Hall–Kier alpha value is -1.69. The molecule has 0 saturated heterocycles. The summed E-state index contributed by atoms with van der Waals surface area (Å²) >= 11 is 1.13. The number of thioether (sulfide) groups is 1. The van der Waals surface area contributed by atoms with Gasteiger partial charge in [0.05, 0.1) is 12.9 Å². The monoisotopic (exact) mass is 256 g/mol. The van der Waals surface area contributed by atoms with Gasteiger partial charge in [-0.15, -0.1) is 11.8 Å². The molecule has 0 radical (unpaired) electrons. The van der Waals surface area contributed by atoms with Crippen molar-refractivity contribution in [2.75, 3.05) is 12.9 Å². The number of hydrogen-bond acceptors (Lipinski definition) is 6. The van der Waals surface area contributed by atoms with Crippen molar-refractivity contribution in [2.24, 2.45) is 0 Å². The number of methoxy groups -OCH3 is 1. The summed E-state index contributed by atoms with van der Waals surface area (Å²) < 4.78 is 4.36. The van der Waals surface area contributed by atoms with Crippen LogP contribution in [0, 0.1) is 0 Å². The highest BCUT2D eigenvalue weighted by Gasteiger charge is 2.10. The fraction of sp³-hybridized carbons (Fsp3) is 0.273. The summed E-state index contributed by atoms with van der Waals surface area (Å²) in [6.07, 6.45) is -0.270. The van der Waals surface area contributed by atoms with Crippen molar-refractivity contribution in [3.63, 3.8) is 0 Å². The van der Waals surface area contributed by atoms with Crippen molar-refractivity contribution in [1.82, 2.24) is 0 Å². The minimum absolute atomic E-state index is 0.0760. The quantitative estimate of drug-likeness (QED) is 0.469. The molecule has 0 heterocycles. The Morgan fingerprint density at radius 3 is 2.35 bits per heavy atom. The van der Waals surface area contributed by atoms with Crippen molar-refractivity contribution in [3.8, 4) is 11.5 Å². The first-order valence-corrected chi connectivity index (χ1v) is 5.74. The number of ether oxygens (including phenoxy) is 1. The molecule has 0 amide bonds. The molecule has 0 bridgehead atoms. The normalized spacial score (nSPS) is 9.94. The second-order valence-corrected chi connectivity index (χ2v) is 4.31. The highest BCUT2D eigenvalue weighted by atomic mass is 32.2. The van der Waals surface area contributed by atoms with Crippen molar-refractivity contribution < 1.29 is 24.5 Å². The number of phenols is 2. The lowest BCUT2D eigenvalue weighted by Crippen LogP contribution is -2.10. The van der Waals surface area contributed by atoms with Gasteiger partial charge in [-0.3, -0.25) is 9.59 Å². The molecule has 1 rings (SSSR count). The van der Waals surface area contributed by atoms with Gasteiger partial charge < -0.3 is 14.9 Å². The number of aromatic hydroxyl groups is 2. The lowest BCUT2D eigenvalue weighted by molar-refractivity contribution is -0.142. The molecule has 0 atom stereocenters. The summed E-state index contributed by atoms with van der Waals surface area (Å²) in [4.78, 5) is 22.7. The van der Waals surface area contributed by atoms with Crippen LogP contribution >= 0.6 is 11.8 Å². The smallest absolute Gasteiger partial charge is 0.313 e. The van der Waals surface area contributed by atoms with Gasteiger partial charge in [-0.2, -0.15) is 0 Å². The van der Waals surface area contributed by atoms with E-state index in [0.29, 0.717) is 4.90 Å². The molecule has 0 saturated carbocycles. The molecular weight excluding hydrogens is 244 g/mol. The molecule has 1 aromatic carbocycles. The first-order chi connectivity index (χ1) is 8.01. The average Bonchev–Trinajstić information content (AvgIpc) is 2.25. The number of carbonyl (C=O) groups is 2. The summed E-state index contributed by atoms with van der Waals surface area (Å²) in [5, 5.41) is 18.4. The van der Waals surface area contributed by atoms with E-state index in [4.69, 9.17) is 0 Å². The second-order valence-electron chi connectivity index (χ2n) is 3.27. The van der Waals surface area contributed by atoms with E-state index in [0.717, 1.165) is 11.8 Å². The van der Waals surface area contributed by atoms with Crippen LogP contribution in [0.25, 0.3) is 0 Å². The Morgan fingerprint density at radius 2 is 1.82 bits per heavy atom. The van der Waals surface area contributed by atoms with E-state index in [1.165, 1.54) is 25.3 Å². The summed E-state index contributed by atoms with van der Waals surface area (Å²) in [5.74, 6) is -0.919. The minimum Gasteiger partial charge on any atom is -0.508 e. The maximum absolute atomic E-state index is 11.3. The number of carbonyl (C=O) groups excluding carboxylic acids is 2. The van der Waals surface area contributed by atoms with Crippen LogP contribution in [0.15, 0.2) is 23.1 Å². The number of hydrogen-bond donors (Lipinski definition) is 2. The third kappa shape index (κ3) is 4.78. The number of rotatable bonds is 5. The topological polar surface area (TPSA) is 83.8 Å². The molecule has 6 heteroatoms. The van der Waals surface area contributed by atoms with E-state index in [2.05, 4.69) is 4.74 Å². The lowest BCUT2D eigenvalue weighted by atomic mass is 10.3. The highest BCUT2D eigenvalue weighted by Crippen LogP contribution is 2.27. The zero-order chi connectivity index (χ0) is 12.8. The van der Waals surface area contributed by atoms with Crippen LogP contribution in [0.5, 0.6) is 11.5 Å². The van der Waals surface area contributed by atoms with E-state index in [1.807, 2.05) is 0 Å². The van der Waals surface area contributed by atoms with Crippen molar-refractivity contribution >= 4 is 23.5 Å². The molecule has 17 heavy (non-hydrogen) atoms. The zero-order valence-electron chi connectivity index (χ0n) is 9.17. The maximum atomic E-state index is 11.3. The van der Waals surface area contributed by atoms with E-state index in [9.17, 15) is 19.8 Å². The van der Waals surface area contributed by atoms with Crippen LogP contribution in [0.1, 0.15) is 6.42 Å². The van der Waals surface area contributed by atoms with Gasteiger partial charge >= 0.3 is 5.97 Å². The number of benzene rings is 1. The van der Waals surface area contributed by atoms with E-state index in [1.54, 1.807) is 0 Å². The summed E-state index contributed by atoms with van der Waals surface area (Å²) in [5.41, 5.74) is 0. The molecule has 0 spiro atoms. The second kappa shape index (κ2) is 6.15. The molecule has 2 N–H and O–H groups in total. The van der Waals surface area contributed by atoms with Crippen LogP contribution in [0.3, 0.4) is 0 Å². The van der Waals surface area contributed by atoms with Gasteiger partial charge in [0, 0.05) is 11.0 Å². The molecule has 0 aromatic heterocycles. The average molecular weight is 256 g/mol. The third-order valence-electron chi connectivity index (χ3n) is 1.85. The van der Waals surface area contributed by atoms with E-state index in [-0.39, 0.29) is 29.5 Å². The third-order valence-corrected chi connectivity index (χ3v) is 2.88. The van der Waals surface area contributed by atoms with Gasteiger partial charge in [-0.25, -0.2) is 0 Å². The molecule has 1 aromatic rings. The standard InChI is InChI=1S/C11H12O5S/c1-16-11(15)5-9(14)6-17-10-3-7(12)2-8(13)4-10/h2-4,12-13H,5-6H2,1H3. The Labute approximate surface area is 102 Å². The van der Waals surface area contributed by atoms with Gasteiger partial charge in [-0.1, -0.05) is 0 Å². The van der Waals surface area contributed by atoms with E-state index >= 15 is 0 Å². The molecule has 0 aliphatic carbocycles. The van der Waals surface area contributed by atoms with E-state index < -0.39 is 5.97 Å². The predicted molar refractivity (Wildman–Crippen MR) is 62.1 cm³/mol. The maximum Gasteiger partial charge on any atom is 0.313 e. The Kier molecular flexibility index (Phi) is 4.84. The van der Waals surface area contributed by atoms with Gasteiger partial charge in [0.2, 0.25) is 0 Å². The molecule has 0 aliphatic heterocycles. The predicted octanol–water partition coefficient (Wildman–Crippen LogP) is 1.32. The Bertz CT molecular complexity index is 410. The molecule has 0 aliphatic rings. The molecular formula is C11H12O5S. The number of phenolic OH excluding ortho intramolecular Hbond substituents is 2.